The third kappa shape index (κ3) is 3.70. The minimum atomic E-state index is -0.248. The summed E-state index contributed by atoms with van der Waals surface area (Å²) in [7, 11) is 0. The molecule has 1 aliphatic heterocycles. The summed E-state index contributed by atoms with van der Waals surface area (Å²) in [6.07, 6.45) is 0. The third-order valence-electron chi connectivity index (χ3n) is 3.61. The Morgan fingerprint density at radius 1 is 1.36 bits per heavy atom. The summed E-state index contributed by atoms with van der Waals surface area (Å²) in [5.74, 6) is -0.0152. The summed E-state index contributed by atoms with van der Waals surface area (Å²) >= 11 is 7.40. The SMILES string of the molecule is O=C(NC[C@H](c1cccs1)N1CCOCC1)c1ccc(Cl)o1. The summed E-state index contributed by atoms with van der Waals surface area (Å²) in [5.41, 5.74) is 0. The first kappa shape index (κ1) is 15.6. The Morgan fingerprint density at radius 3 is 2.82 bits per heavy atom. The predicted octanol–water partition coefficient (Wildman–Crippen LogP) is 2.80. The maximum absolute atomic E-state index is 12.1. The molecule has 118 valence electrons. The highest BCUT2D eigenvalue weighted by Crippen LogP contribution is 2.25. The van der Waals surface area contributed by atoms with Crippen molar-refractivity contribution >= 4 is 28.8 Å². The van der Waals surface area contributed by atoms with E-state index in [1.165, 1.54) is 4.88 Å². The highest BCUT2D eigenvalue weighted by molar-refractivity contribution is 7.10. The molecule has 22 heavy (non-hydrogen) atoms. The van der Waals surface area contributed by atoms with Crippen LogP contribution in [-0.4, -0.2) is 43.7 Å². The Bertz CT molecular complexity index is 608. The molecule has 0 unspecified atom stereocenters. The lowest BCUT2D eigenvalue weighted by Crippen LogP contribution is -2.43. The second-order valence-electron chi connectivity index (χ2n) is 4.99. The Kier molecular flexibility index (Phi) is 5.15. The zero-order chi connectivity index (χ0) is 15.4. The standard InChI is InChI=1S/C15H17ClN2O3S/c16-14-4-3-12(21-14)15(19)17-10-11(13-2-1-9-22-13)18-5-7-20-8-6-18/h1-4,9,11H,5-8,10H2,(H,17,19)/t11-/m1/s1. The number of carbonyl (C=O) groups is 1. The van der Waals surface area contributed by atoms with E-state index in [9.17, 15) is 4.79 Å². The van der Waals surface area contributed by atoms with Crippen molar-refractivity contribution in [3.05, 3.63) is 45.5 Å². The van der Waals surface area contributed by atoms with E-state index in [1.54, 1.807) is 23.5 Å². The van der Waals surface area contributed by atoms with Gasteiger partial charge >= 0.3 is 0 Å². The Balaban J connectivity index is 1.66. The van der Waals surface area contributed by atoms with Crippen LogP contribution < -0.4 is 5.32 Å². The summed E-state index contributed by atoms with van der Waals surface area (Å²) in [6, 6.07) is 7.42. The van der Waals surface area contributed by atoms with Crippen molar-refractivity contribution in [1.82, 2.24) is 10.2 Å². The maximum atomic E-state index is 12.1. The van der Waals surface area contributed by atoms with E-state index < -0.39 is 0 Å². The molecule has 2 aromatic rings. The average molecular weight is 341 g/mol. The molecule has 1 amide bonds. The van der Waals surface area contributed by atoms with Gasteiger partial charge in [-0.15, -0.1) is 11.3 Å². The van der Waals surface area contributed by atoms with Crippen LogP contribution in [0.2, 0.25) is 5.22 Å². The molecule has 1 fully saturated rings. The molecule has 2 aromatic heterocycles. The number of hydrogen-bond acceptors (Lipinski definition) is 5. The summed E-state index contributed by atoms with van der Waals surface area (Å²) in [4.78, 5) is 15.7. The predicted molar refractivity (Wildman–Crippen MR) is 85.5 cm³/mol. The zero-order valence-corrected chi connectivity index (χ0v) is 13.5. The second kappa shape index (κ2) is 7.28. The smallest absolute Gasteiger partial charge is 0.287 e. The van der Waals surface area contributed by atoms with E-state index in [0.29, 0.717) is 6.54 Å². The summed E-state index contributed by atoms with van der Waals surface area (Å²) < 4.78 is 10.5. The van der Waals surface area contributed by atoms with Crippen LogP contribution in [0.15, 0.2) is 34.1 Å². The lowest BCUT2D eigenvalue weighted by atomic mass is 10.2. The first-order valence-corrected chi connectivity index (χ1v) is 8.38. The van der Waals surface area contributed by atoms with Crippen LogP contribution in [0.4, 0.5) is 0 Å². The molecular weight excluding hydrogens is 324 g/mol. The average Bonchev–Trinajstić information content (AvgIpc) is 3.20. The number of ether oxygens (including phenoxy) is 1. The Labute approximate surface area is 137 Å². The molecule has 3 heterocycles. The topological polar surface area (TPSA) is 54.7 Å². The van der Waals surface area contributed by atoms with Crippen LogP contribution in [-0.2, 0) is 4.74 Å². The molecule has 0 saturated carbocycles. The van der Waals surface area contributed by atoms with Crippen molar-refractivity contribution in [2.45, 2.75) is 6.04 Å². The van der Waals surface area contributed by atoms with Crippen LogP contribution in [0.5, 0.6) is 0 Å². The van der Waals surface area contributed by atoms with Gasteiger partial charge in [0.2, 0.25) is 0 Å². The molecule has 1 aliphatic rings. The molecule has 0 radical (unpaired) electrons. The minimum Gasteiger partial charge on any atom is -0.440 e. The normalized spacial score (nSPS) is 17.3. The van der Waals surface area contributed by atoms with Crippen molar-refractivity contribution in [3.63, 3.8) is 0 Å². The van der Waals surface area contributed by atoms with Crippen molar-refractivity contribution in [2.24, 2.45) is 0 Å². The second-order valence-corrected chi connectivity index (χ2v) is 6.35. The van der Waals surface area contributed by atoms with Crippen molar-refractivity contribution in [3.8, 4) is 0 Å². The van der Waals surface area contributed by atoms with E-state index in [2.05, 4.69) is 21.7 Å². The minimum absolute atomic E-state index is 0.151. The van der Waals surface area contributed by atoms with Gasteiger partial charge in [0.1, 0.15) is 0 Å². The number of rotatable bonds is 5. The van der Waals surface area contributed by atoms with Gasteiger partial charge in [-0.1, -0.05) is 6.07 Å². The molecule has 7 heteroatoms. The lowest BCUT2D eigenvalue weighted by molar-refractivity contribution is 0.0168. The zero-order valence-electron chi connectivity index (χ0n) is 12.0. The highest BCUT2D eigenvalue weighted by Gasteiger charge is 2.24. The lowest BCUT2D eigenvalue weighted by Gasteiger charge is -2.34. The molecule has 0 spiro atoms. The fraction of sp³-hybridized carbons (Fsp3) is 0.400. The molecule has 0 aromatic carbocycles. The summed E-state index contributed by atoms with van der Waals surface area (Å²) in [6.45, 7) is 3.71. The molecular formula is C15H17ClN2O3S. The molecule has 1 atom stereocenters. The fourth-order valence-electron chi connectivity index (χ4n) is 2.49. The van der Waals surface area contributed by atoms with Crippen LogP contribution in [0.25, 0.3) is 0 Å². The number of thiophene rings is 1. The monoisotopic (exact) mass is 340 g/mol. The molecule has 1 saturated heterocycles. The third-order valence-corrected chi connectivity index (χ3v) is 4.79. The van der Waals surface area contributed by atoms with Gasteiger partial charge in [-0.2, -0.15) is 0 Å². The van der Waals surface area contributed by atoms with Gasteiger partial charge in [0.25, 0.3) is 5.91 Å². The fourth-order valence-corrected chi connectivity index (χ4v) is 3.50. The number of amides is 1. The Morgan fingerprint density at radius 2 is 2.18 bits per heavy atom. The molecule has 5 nitrogen and oxygen atoms in total. The van der Waals surface area contributed by atoms with Gasteiger partial charge in [-0.05, 0) is 35.2 Å². The van der Waals surface area contributed by atoms with Crippen molar-refractivity contribution in [1.29, 1.82) is 0 Å². The van der Waals surface area contributed by atoms with Crippen molar-refractivity contribution < 1.29 is 13.9 Å². The summed E-state index contributed by atoms with van der Waals surface area (Å²) in [5, 5.41) is 5.20. The number of morpholine rings is 1. The Hall–Kier alpha value is -1.34. The van der Waals surface area contributed by atoms with Crippen LogP contribution in [0.1, 0.15) is 21.5 Å². The number of hydrogen-bond donors (Lipinski definition) is 1. The van der Waals surface area contributed by atoms with E-state index in [1.807, 2.05) is 6.07 Å². The van der Waals surface area contributed by atoms with Crippen LogP contribution >= 0.6 is 22.9 Å². The molecule has 0 aliphatic carbocycles. The van der Waals surface area contributed by atoms with E-state index >= 15 is 0 Å². The van der Waals surface area contributed by atoms with Gasteiger partial charge in [0.15, 0.2) is 11.0 Å². The van der Waals surface area contributed by atoms with Gasteiger partial charge in [0.05, 0.1) is 19.3 Å². The first-order chi connectivity index (χ1) is 10.7. The molecule has 1 N–H and O–H groups in total. The van der Waals surface area contributed by atoms with Crippen LogP contribution in [0, 0.1) is 0 Å². The number of nitrogens with zero attached hydrogens (tertiary/aromatic N) is 1. The van der Waals surface area contributed by atoms with Crippen molar-refractivity contribution in [2.75, 3.05) is 32.8 Å². The molecule has 3 rings (SSSR count). The largest absolute Gasteiger partial charge is 0.440 e. The number of halogens is 1. The van der Waals surface area contributed by atoms with E-state index in [4.69, 9.17) is 20.8 Å². The van der Waals surface area contributed by atoms with E-state index in [0.717, 1.165) is 26.3 Å². The maximum Gasteiger partial charge on any atom is 0.287 e. The van der Waals surface area contributed by atoms with Gasteiger partial charge in [-0.25, -0.2) is 0 Å². The quantitative estimate of drug-likeness (QED) is 0.909. The van der Waals surface area contributed by atoms with E-state index in [-0.39, 0.29) is 22.9 Å². The molecule has 0 bridgehead atoms. The van der Waals surface area contributed by atoms with Crippen LogP contribution in [0.3, 0.4) is 0 Å². The number of carbonyl (C=O) groups excluding carboxylic acids is 1. The van der Waals surface area contributed by atoms with Gasteiger partial charge in [-0.3, -0.25) is 9.69 Å². The highest BCUT2D eigenvalue weighted by atomic mass is 35.5. The number of furan rings is 1. The first-order valence-electron chi connectivity index (χ1n) is 7.13. The van der Waals surface area contributed by atoms with Gasteiger partial charge in [0, 0.05) is 24.5 Å². The van der Waals surface area contributed by atoms with Gasteiger partial charge < -0.3 is 14.5 Å². The number of nitrogens with one attached hydrogen (secondary N) is 1.